The highest BCUT2D eigenvalue weighted by molar-refractivity contribution is 5.38. The highest BCUT2D eigenvalue weighted by Gasteiger charge is 2.43. The lowest BCUT2D eigenvalue weighted by Crippen LogP contribution is -2.21. The summed E-state index contributed by atoms with van der Waals surface area (Å²) >= 11 is 0. The van der Waals surface area contributed by atoms with E-state index >= 15 is 0 Å². The van der Waals surface area contributed by atoms with Crippen LogP contribution in [0.25, 0.3) is 0 Å². The fourth-order valence-electron chi connectivity index (χ4n) is 4.46. The maximum atomic E-state index is 5.63. The number of nitrogens with one attached hydrogen (secondary N) is 1. The molecule has 4 heteroatoms. The molecule has 2 saturated heterocycles. The van der Waals surface area contributed by atoms with Gasteiger partial charge in [0, 0.05) is 18.0 Å². The lowest BCUT2D eigenvalue weighted by atomic mass is 9.89. The summed E-state index contributed by atoms with van der Waals surface area (Å²) in [5.74, 6) is 2.50. The summed E-state index contributed by atoms with van der Waals surface area (Å²) in [7, 11) is 0. The van der Waals surface area contributed by atoms with Crippen LogP contribution in [0.15, 0.2) is 28.8 Å². The van der Waals surface area contributed by atoms with E-state index in [1.807, 2.05) is 0 Å². The fraction of sp³-hybridized carbons (Fsp3) is 0.529. The van der Waals surface area contributed by atoms with Crippen LogP contribution in [0.1, 0.15) is 60.4 Å². The summed E-state index contributed by atoms with van der Waals surface area (Å²) in [6.45, 7) is 0. The van der Waals surface area contributed by atoms with Crippen molar-refractivity contribution >= 4 is 0 Å². The molecule has 0 radical (unpaired) electrons. The average Bonchev–Trinajstić information content (AvgIpc) is 3.28. The maximum Gasteiger partial charge on any atom is 0.231 e. The van der Waals surface area contributed by atoms with Gasteiger partial charge in [0.05, 0.1) is 5.92 Å². The number of hydrogen-bond donors (Lipinski definition) is 1. The van der Waals surface area contributed by atoms with Crippen molar-refractivity contribution in [1.82, 2.24) is 15.5 Å². The smallest absolute Gasteiger partial charge is 0.231 e. The van der Waals surface area contributed by atoms with E-state index in [0.717, 1.165) is 31.0 Å². The van der Waals surface area contributed by atoms with E-state index in [1.165, 1.54) is 24.0 Å². The summed E-state index contributed by atoms with van der Waals surface area (Å²) in [6.07, 6.45) is 5.94. The van der Waals surface area contributed by atoms with Crippen molar-refractivity contribution in [2.75, 3.05) is 0 Å². The van der Waals surface area contributed by atoms with Crippen LogP contribution in [0, 0.1) is 0 Å². The van der Waals surface area contributed by atoms with Gasteiger partial charge < -0.3 is 9.84 Å². The fourth-order valence-corrected chi connectivity index (χ4v) is 4.46. The van der Waals surface area contributed by atoms with Gasteiger partial charge in [0.2, 0.25) is 5.89 Å². The minimum absolute atomic E-state index is 0.324. The Bertz CT molecular complexity index is 680. The SMILES string of the molecule is c1ccc2c(c1)CCC2c1noc(C2CC3CCC2N3)n1. The van der Waals surface area contributed by atoms with E-state index in [-0.39, 0.29) is 0 Å². The van der Waals surface area contributed by atoms with Gasteiger partial charge in [-0.05, 0) is 43.2 Å². The molecular formula is C17H19N3O. The Morgan fingerprint density at radius 1 is 1.14 bits per heavy atom. The standard InChI is InChI=1S/C17H19N3O/c1-2-4-12-10(3-1)5-7-13(12)16-19-17(21-20-16)14-9-11-6-8-15(14)18-11/h1-4,11,13-15,18H,5-9H2. The number of fused-ring (bicyclic) bond motifs is 3. The number of hydrogen-bond acceptors (Lipinski definition) is 4. The van der Waals surface area contributed by atoms with Crippen LogP contribution in [0.2, 0.25) is 0 Å². The van der Waals surface area contributed by atoms with Gasteiger partial charge in [0.25, 0.3) is 0 Å². The molecule has 0 amide bonds. The van der Waals surface area contributed by atoms with Crippen molar-refractivity contribution in [2.45, 2.75) is 56.0 Å². The first kappa shape index (κ1) is 11.9. The molecule has 4 unspecified atom stereocenters. The van der Waals surface area contributed by atoms with Crippen molar-refractivity contribution in [3.05, 3.63) is 47.1 Å². The van der Waals surface area contributed by atoms with Gasteiger partial charge in [0.15, 0.2) is 5.82 Å². The molecule has 1 N–H and O–H groups in total. The second-order valence-corrected chi connectivity index (χ2v) is 6.67. The van der Waals surface area contributed by atoms with Crippen molar-refractivity contribution < 1.29 is 4.52 Å². The minimum Gasteiger partial charge on any atom is -0.339 e. The van der Waals surface area contributed by atoms with Crippen molar-refractivity contribution in [3.63, 3.8) is 0 Å². The quantitative estimate of drug-likeness (QED) is 0.919. The minimum atomic E-state index is 0.324. The largest absolute Gasteiger partial charge is 0.339 e. The molecule has 2 aromatic rings. The topological polar surface area (TPSA) is 51.0 Å². The van der Waals surface area contributed by atoms with Gasteiger partial charge in [-0.25, -0.2) is 0 Å². The Kier molecular flexibility index (Phi) is 2.50. The zero-order chi connectivity index (χ0) is 13.8. The summed E-state index contributed by atoms with van der Waals surface area (Å²) in [5, 5.41) is 7.95. The van der Waals surface area contributed by atoms with Crippen molar-refractivity contribution in [3.8, 4) is 0 Å². The first-order valence-corrected chi connectivity index (χ1v) is 8.06. The van der Waals surface area contributed by atoms with Crippen LogP contribution in [0.5, 0.6) is 0 Å². The van der Waals surface area contributed by atoms with E-state index in [1.54, 1.807) is 0 Å². The van der Waals surface area contributed by atoms with Gasteiger partial charge in [-0.2, -0.15) is 4.98 Å². The molecule has 0 saturated carbocycles. The summed E-state index contributed by atoms with van der Waals surface area (Å²) < 4.78 is 5.63. The van der Waals surface area contributed by atoms with Gasteiger partial charge in [0.1, 0.15) is 0 Å². The zero-order valence-electron chi connectivity index (χ0n) is 12.0. The molecule has 3 aliphatic rings. The Morgan fingerprint density at radius 3 is 2.95 bits per heavy atom. The molecule has 0 spiro atoms. The van der Waals surface area contributed by atoms with Crippen molar-refractivity contribution in [2.24, 2.45) is 0 Å². The normalized spacial score (nSPS) is 33.5. The molecule has 1 aliphatic carbocycles. The van der Waals surface area contributed by atoms with E-state index in [0.29, 0.717) is 23.9 Å². The van der Waals surface area contributed by atoms with E-state index in [2.05, 4.69) is 34.7 Å². The lowest BCUT2D eigenvalue weighted by Gasteiger charge is -2.15. The van der Waals surface area contributed by atoms with Crippen LogP contribution in [-0.4, -0.2) is 22.2 Å². The molecule has 21 heavy (non-hydrogen) atoms. The third-order valence-electron chi connectivity index (χ3n) is 5.52. The summed E-state index contributed by atoms with van der Waals surface area (Å²) in [5.41, 5.74) is 2.83. The highest BCUT2D eigenvalue weighted by atomic mass is 16.5. The van der Waals surface area contributed by atoms with E-state index < -0.39 is 0 Å². The molecule has 2 fully saturated rings. The molecule has 4 atom stereocenters. The van der Waals surface area contributed by atoms with Gasteiger partial charge in [-0.3, -0.25) is 0 Å². The molecular weight excluding hydrogens is 262 g/mol. The molecule has 108 valence electrons. The predicted molar refractivity (Wildman–Crippen MR) is 78.2 cm³/mol. The van der Waals surface area contributed by atoms with Gasteiger partial charge in [-0.1, -0.05) is 29.4 Å². The second kappa shape index (κ2) is 4.41. The number of benzene rings is 1. The molecule has 2 aliphatic heterocycles. The Balaban J connectivity index is 1.44. The van der Waals surface area contributed by atoms with Crippen LogP contribution in [0.3, 0.4) is 0 Å². The molecule has 1 aromatic carbocycles. The first-order chi connectivity index (χ1) is 10.4. The summed E-state index contributed by atoms with van der Waals surface area (Å²) in [4.78, 5) is 4.77. The zero-order valence-corrected chi connectivity index (χ0v) is 12.0. The van der Waals surface area contributed by atoms with E-state index in [9.17, 15) is 0 Å². The van der Waals surface area contributed by atoms with Crippen LogP contribution < -0.4 is 5.32 Å². The molecule has 3 heterocycles. The third kappa shape index (κ3) is 1.78. The molecule has 5 rings (SSSR count). The van der Waals surface area contributed by atoms with Gasteiger partial charge in [-0.15, -0.1) is 0 Å². The Labute approximate surface area is 123 Å². The number of aromatic nitrogens is 2. The number of aryl methyl sites for hydroxylation is 1. The molecule has 1 aromatic heterocycles. The van der Waals surface area contributed by atoms with Crippen molar-refractivity contribution in [1.29, 1.82) is 0 Å². The van der Waals surface area contributed by atoms with Gasteiger partial charge >= 0.3 is 0 Å². The summed E-state index contributed by atoms with van der Waals surface area (Å²) in [6, 6.07) is 9.88. The third-order valence-corrected chi connectivity index (χ3v) is 5.52. The van der Waals surface area contributed by atoms with E-state index in [4.69, 9.17) is 9.51 Å². The maximum absolute atomic E-state index is 5.63. The second-order valence-electron chi connectivity index (χ2n) is 6.67. The lowest BCUT2D eigenvalue weighted by molar-refractivity contribution is 0.326. The molecule has 2 bridgehead atoms. The predicted octanol–water partition coefficient (Wildman–Crippen LogP) is 2.76. The average molecular weight is 281 g/mol. The monoisotopic (exact) mass is 281 g/mol. The number of nitrogens with zero attached hydrogens (tertiary/aromatic N) is 2. The van der Waals surface area contributed by atoms with Crippen LogP contribution >= 0.6 is 0 Å². The Hall–Kier alpha value is -1.68. The highest BCUT2D eigenvalue weighted by Crippen LogP contribution is 2.41. The number of rotatable bonds is 2. The van der Waals surface area contributed by atoms with Crippen LogP contribution in [0.4, 0.5) is 0 Å². The van der Waals surface area contributed by atoms with Crippen LogP contribution in [-0.2, 0) is 6.42 Å². The Morgan fingerprint density at radius 2 is 2.10 bits per heavy atom. The first-order valence-electron chi connectivity index (χ1n) is 8.06. The molecule has 4 nitrogen and oxygen atoms in total.